The SMILES string of the molecule is Cc1cccc2c1OCCCC2S. The van der Waals surface area contributed by atoms with Crippen molar-refractivity contribution in [3.63, 3.8) is 0 Å². The number of aryl methyl sites for hydroxylation is 1. The third-order valence-corrected chi connectivity index (χ3v) is 3.01. The number of hydrogen-bond acceptors (Lipinski definition) is 2. The normalized spacial score (nSPS) is 21.5. The Bertz CT molecular complexity index is 309. The Labute approximate surface area is 84.5 Å². The predicted octanol–water partition coefficient (Wildman–Crippen LogP) is 3.14. The van der Waals surface area contributed by atoms with E-state index >= 15 is 0 Å². The van der Waals surface area contributed by atoms with Crippen molar-refractivity contribution in [3.05, 3.63) is 29.3 Å². The molecule has 1 unspecified atom stereocenters. The molecule has 0 saturated carbocycles. The summed E-state index contributed by atoms with van der Waals surface area (Å²) in [5, 5.41) is 0.345. The van der Waals surface area contributed by atoms with E-state index in [1.165, 1.54) is 11.1 Å². The van der Waals surface area contributed by atoms with Crippen molar-refractivity contribution in [2.45, 2.75) is 25.0 Å². The highest BCUT2D eigenvalue weighted by Gasteiger charge is 2.17. The summed E-state index contributed by atoms with van der Waals surface area (Å²) in [6, 6.07) is 6.28. The van der Waals surface area contributed by atoms with Crippen molar-refractivity contribution in [2.24, 2.45) is 0 Å². The van der Waals surface area contributed by atoms with Crippen molar-refractivity contribution in [1.82, 2.24) is 0 Å². The molecule has 1 atom stereocenters. The van der Waals surface area contributed by atoms with Crippen LogP contribution in [0.1, 0.15) is 29.2 Å². The van der Waals surface area contributed by atoms with Gasteiger partial charge in [0.1, 0.15) is 5.75 Å². The summed E-state index contributed by atoms with van der Waals surface area (Å²) in [6.07, 6.45) is 2.21. The van der Waals surface area contributed by atoms with E-state index in [4.69, 9.17) is 4.74 Å². The Morgan fingerprint density at radius 3 is 3.15 bits per heavy atom. The van der Waals surface area contributed by atoms with E-state index < -0.39 is 0 Å². The molecule has 0 amide bonds. The van der Waals surface area contributed by atoms with Crippen LogP contribution in [0.25, 0.3) is 0 Å². The standard InChI is InChI=1S/C11H14OS/c1-8-4-2-5-9-10(13)6-3-7-12-11(8)9/h2,4-5,10,13H,3,6-7H2,1H3. The Balaban J connectivity index is 2.47. The molecule has 2 rings (SSSR count). The van der Waals surface area contributed by atoms with E-state index in [1.807, 2.05) is 0 Å². The first-order chi connectivity index (χ1) is 6.29. The molecular weight excluding hydrogens is 180 g/mol. The van der Waals surface area contributed by atoms with Gasteiger partial charge in [-0.05, 0) is 25.3 Å². The van der Waals surface area contributed by atoms with E-state index in [0.717, 1.165) is 25.2 Å². The molecule has 1 nitrogen and oxygen atoms in total. The second-order valence-electron chi connectivity index (χ2n) is 3.50. The van der Waals surface area contributed by atoms with Gasteiger partial charge < -0.3 is 4.74 Å². The van der Waals surface area contributed by atoms with Crippen LogP contribution in [0.3, 0.4) is 0 Å². The van der Waals surface area contributed by atoms with Gasteiger partial charge >= 0.3 is 0 Å². The van der Waals surface area contributed by atoms with Crippen LogP contribution in [0, 0.1) is 6.92 Å². The molecule has 0 aromatic heterocycles. The fourth-order valence-electron chi connectivity index (χ4n) is 1.74. The van der Waals surface area contributed by atoms with Crippen LogP contribution < -0.4 is 4.74 Å². The highest BCUT2D eigenvalue weighted by Crippen LogP contribution is 2.37. The summed E-state index contributed by atoms with van der Waals surface area (Å²) in [7, 11) is 0. The number of rotatable bonds is 0. The van der Waals surface area contributed by atoms with Crippen molar-refractivity contribution in [1.29, 1.82) is 0 Å². The first-order valence-corrected chi connectivity index (χ1v) is 5.21. The van der Waals surface area contributed by atoms with E-state index in [9.17, 15) is 0 Å². The molecule has 0 fully saturated rings. The molecule has 0 spiro atoms. The maximum Gasteiger partial charge on any atom is 0.126 e. The number of hydrogen-bond donors (Lipinski definition) is 1. The van der Waals surface area contributed by atoms with Crippen molar-refractivity contribution < 1.29 is 4.74 Å². The number of fused-ring (bicyclic) bond motifs is 1. The molecule has 0 N–H and O–H groups in total. The fourth-order valence-corrected chi connectivity index (χ4v) is 2.13. The third-order valence-electron chi connectivity index (χ3n) is 2.47. The van der Waals surface area contributed by atoms with Crippen LogP contribution in [0.2, 0.25) is 0 Å². The minimum absolute atomic E-state index is 0.345. The predicted molar refractivity (Wildman–Crippen MR) is 57.6 cm³/mol. The van der Waals surface area contributed by atoms with Crippen LogP contribution in [0.5, 0.6) is 5.75 Å². The summed E-state index contributed by atoms with van der Waals surface area (Å²) >= 11 is 4.58. The molecule has 0 aliphatic carbocycles. The summed E-state index contributed by atoms with van der Waals surface area (Å²) in [6.45, 7) is 2.92. The van der Waals surface area contributed by atoms with Crippen LogP contribution in [-0.2, 0) is 0 Å². The summed E-state index contributed by atoms with van der Waals surface area (Å²) in [5.74, 6) is 1.06. The van der Waals surface area contributed by atoms with Crippen molar-refractivity contribution in [2.75, 3.05) is 6.61 Å². The zero-order valence-corrected chi connectivity index (χ0v) is 8.68. The van der Waals surface area contributed by atoms with Gasteiger partial charge in [-0.2, -0.15) is 12.6 Å². The minimum Gasteiger partial charge on any atom is -0.493 e. The smallest absolute Gasteiger partial charge is 0.126 e. The molecule has 1 aromatic carbocycles. The van der Waals surface area contributed by atoms with Gasteiger partial charge in [0.05, 0.1) is 6.61 Å². The number of ether oxygens (including phenoxy) is 1. The fraction of sp³-hybridized carbons (Fsp3) is 0.455. The zero-order chi connectivity index (χ0) is 9.26. The van der Waals surface area contributed by atoms with E-state index in [0.29, 0.717) is 5.25 Å². The molecule has 13 heavy (non-hydrogen) atoms. The lowest BCUT2D eigenvalue weighted by Crippen LogP contribution is -1.96. The summed E-state index contributed by atoms with van der Waals surface area (Å²) in [4.78, 5) is 0. The van der Waals surface area contributed by atoms with Gasteiger partial charge in [-0.3, -0.25) is 0 Å². The molecule has 1 aromatic rings. The second-order valence-corrected chi connectivity index (χ2v) is 4.12. The van der Waals surface area contributed by atoms with Gasteiger partial charge in [0.15, 0.2) is 0 Å². The largest absolute Gasteiger partial charge is 0.493 e. The first kappa shape index (κ1) is 8.95. The molecule has 0 radical (unpaired) electrons. The third kappa shape index (κ3) is 1.68. The van der Waals surface area contributed by atoms with Crippen LogP contribution in [-0.4, -0.2) is 6.61 Å². The first-order valence-electron chi connectivity index (χ1n) is 4.69. The molecule has 0 bridgehead atoms. The highest BCUT2D eigenvalue weighted by atomic mass is 32.1. The van der Waals surface area contributed by atoms with E-state index in [-0.39, 0.29) is 0 Å². The molecule has 1 aliphatic rings. The van der Waals surface area contributed by atoms with Gasteiger partial charge in [-0.15, -0.1) is 0 Å². The van der Waals surface area contributed by atoms with Gasteiger partial charge in [-0.1, -0.05) is 18.2 Å². The highest BCUT2D eigenvalue weighted by molar-refractivity contribution is 7.80. The van der Waals surface area contributed by atoms with Crippen molar-refractivity contribution >= 4 is 12.6 Å². The number of para-hydroxylation sites is 1. The van der Waals surface area contributed by atoms with Gasteiger partial charge in [0, 0.05) is 10.8 Å². The van der Waals surface area contributed by atoms with Crippen LogP contribution in [0.4, 0.5) is 0 Å². The molecule has 1 heterocycles. The Morgan fingerprint density at radius 2 is 2.31 bits per heavy atom. The average Bonchev–Trinajstić information content (AvgIpc) is 2.30. The monoisotopic (exact) mass is 194 g/mol. The molecule has 0 saturated heterocycles. The molecule has 2 heteroatoms. The second kappa shape index (κ2) is 3.62. The van der Waals surface area contributed by atoms with Gasteiger partial charge in [0.25, 0.3) is 0 Å². The van der Waals surface area contributed by atoms with Crippen LogP contribution >= 0.6 is 12.6 Å². The Morgan fingerprint density at radius 1 is 1.46 bits per heavy atom. The number of benzene rings is 1. The van der Waals surface area contributed by atoms with Gasteiger partial charge in [-0.25, -0.2) is 0 Å². The quantitative estimate of drug-likeness (QED) is 0.624. The van der Waals surface area contributed by atoms with Gasteiger partial charge in [0.2, 0.25) is 0 Å². The summed E-state index contributed by atoms with van der Waals surface area (Å²) in [5.41, 5.74) is 2.47. The molecule has 1 aliphatic heterocycles. The zero-order valence-electron chi connectivity index (χ0n) is 7.79. The van der Waals surface area contributed by atoms with Crippen molar-refractivity contribution in [3.8, 4) is 5.75 Å². The number of thiol groups is 1. The maximum absolute atomic E-state index is 5.70. The van der Waals surface area contributed by atoms with E-state index in [2.05, 4.69) is 37.8 Å². The van der Waals surface area contributed by atoms with Crippen LogP contribution in [0.15, 0.2) is 18.2 Å². The summed E-state index contributed by atoms with van der Waals surface area (Å²) < 4.78 is 5.70. The lowest BCUT2D eigenvalue weighted by atomic mass is 10.0. The Kier molecular flexibility index (Phi) is 2.49. The lowest BCUT2D eigenvalue weighted by Gasteiger charge is -2.12. The lowest BCUT2D eigenvalue weighted by molar-refractivity contribution is 0.315. The maximum atomic E-state index is 5.70. The Hall–Kier alpha value is -0.630. The molecule has 70 valence electrons. The average molecular weight is 194 g/mol. The minimum atomic E-state index is 0.345. The topological polar surface area (TPSA) is 9.23 Å². The van der Waals surface area contributed by atoms with E-state index in [1.54, 1.807) is 0 Å². The molecular formula is C11H14OS.